The molecular formula is C15H17N5O3. The predicted molar refractivity (Wildman–Crippen MR) is 86.3 cm³/mol. The maximum absolute atomic E-state index is 11.1. The minimum absolute atomic E-state index is 0.0254. The first kappa shape index (κ1) is 16.3. The Bertz CT molecular complexity index is 707. The van der Waals surface area contributed by atoms with Crippen LogP contribution in [0.15, 0.2) is 50.9 Å². The van der Waals surface area contributed by atoms with Crippen molar-refractivity contribution in [3.8, 4) is 11.5 Å². The third-order valence-corrected chi connectivity index (χ3v) is 2.70. The van der Waals surface area contributed by atoms with Gasteiger partial charge in [0.05, 0.1) is 19.4 Å². The summed E-state index contributed by atoms with van der Waals surface area (Å²) >= 11 is 0. The van der Waals surface area contributed by atoms with E-state index in [4.69, 9.17) is 9.47 Å². The van der Waals surface area contributed by atoms with Crippen LogP contribution in [0.3, 0.4) is 0 Å². The molecular weight excluding hydrogens is 298 g/mol. The number of nitrogens with zero attached hydrogens (tertiary/aromatic N) is 4. The van der Waals surface area contributed by atoms with Crippen molar-refractivity contribution < 1.29 is 14.3 Å². The van der Waals surface area contributed by atoms with E-state index in [0.717, 1.165) is 0 Å². The van der Waals surface area contributed by atoms with Gasteiger partial charge in [0.1, 0.15) is 5.70 Å². The normalized spacial score (nSPS) is 16.3. The zero-order chi connectivity index (χ0) is 16.8. The van der Waals surface area contributed by atoms with Gasteiger partial charge in [-0.15, -0.1) is 10.2 Å². The molecule has 8 heteroatoms. The Balaban J connectivity index is 2.27. The standard InChI is InChI=1S/C15H17N5O3/c1-9(2)23-13-11(6-5-7-12(13)22-4)8-16-19-14-10(3)18-20-15(21)17-14/h5-9H,3H2,1-2,4H3,(H,17,19,21)/b16-8+. The first-order valence-corrected chi connectivity index (χ1v) is 6.88. The minimum Gasteiger partial charge on any atom is -0.493 e. The number of urea groups is 1. The van der Waals surface area contributed by atoms with Gasteiger partial charge in [-0.1, -0.05) is 17.8 Å². The van der Waals surface area contributed by atoms with Gasteiger partial charge < -0.3 is 9.47 Å². The van der Waals surface area contributed by atoms with Gasteiger partial charge in [0.2, 0.25) is 0 Å². The fourth-order valence-corrected chi connectivity index (χ4v) is 1.74. The summed E-state index contributed by atoms with van der Waals surface area (Å²) in [6.07, 6.45) is 1.47. The van der Waals surface area contributed by atoms with Crippen LogP contribution in [0.2, 0.25) is 0 Å². The van der Waals surface area contributed by atoms with E-state index >= 15 is 0 Å². The second kappa shape index (κ2) is 7.30. The molecule has 1 N–H and O–H groups in total. The molecule has 0 saturated heterocycles. The molecule has 1 heterocycles. The number of carbonyl (C=O) groups is 1. The molecule has 1 aromatic rings. The molecule has 0 fully saturated rings. The second-order valence-electron chi connectivity index (χ2n) is 4.82. The number of methoxy groups -OCH3 is 1. The molecule has 8 nitrogen and oxygen atoms in total. The van der Waals surface area contributed by atoms with Gasteiger partial charge >= 0.3 is 6.03 Å². The van der Waals surface area contributed by atoms with Crippen molar-refractivity contribution in [3.63, 3.8) is 0 Å². The number of amides is 2. The van der Waals surface area contributed by atoms with Crippen molar-refractivity contribution in [2.24, 2.45) is 20.4 Å². The van der Waals surface area contributed by atoms with Crippen LogP contribution in [0.4, 0.5) is 4.79 Å². The SMILES string of the molecule is C=C1N=NC(=O)N/C1=N/N=C/c1cccc(OC)c1OC(C)C. The summed E-state index contributed by atoms with van der Waals surface area (Å²) in [6.45, 7) is 7.45. The molecule has 0 aromatic heterocycles. The molecule has 0 radical (unpaired) electrons. The van der Waals surface area contributed by atoms with Crippen LogP contribution in [0.1, 0.15) is 19.4 Å². The Kier molecular flexibility index (Phi) is 5.19. The van der Waals surface area contributed by atoms with E-state index in [-0.39, 0.29) is 17.6 Å². The molecule has 0 unspecified atom stereocenters. The summed E-state index contributed by atoms with van der Waals surface area (Å²) in [7, 11) is 1.57. The Morgan fingerprint density at radius 2 is 2.13 bits per heavy atom. The zero-order valence-corrected chi connectivity index (χ0v) is 13.1. The van der Waals surface area contributed by atoms with Crippen molar-refractivity contribution in [1.82, 2.24) is 5.32 Å². The molecule has 2 rings (SSSR count). The highest BCUT2D eigenvalue weighted by molar-refractivity contribution is 6.08. The van der Waals surface area contributed by atoms with Gasteiger partial charge in [-0.05, 0) is 26.0 Å². The Hall–Kier alpha value is -3.03. The maximum atomic E-state index is 11.1. The predicted octanol–water partition coefficient (Wildman–Crippen LogP) is 2.90. The highest BCUT2D eigenvalue weighted by Gasteiger charge is 2.14. The van der Waals surface area contributed by atoms with Gasteiger partial charge in [-0.3, -0.25) is 5.32 Å². The Morgan fingerprint density at radius 3 is 2.83 bits per heavy atom. The van der Waals surface area contributed by atoms with Crippen molar-refractivity contribution in [1.29, 1.82) is 0 Å². The first-order valence-electron chi connectivity index (χ1n) is 6.88. The van der Waals surface area contributed by atoms with Crippen molar-refractivity contribution >= 4 is 18.1 Å². The number of amidine groups is 1. The summed E-state index contributed by atoms with van der Waals surface area (Å²) in [4.78, 5) is 11.1. The van der Waals surface area contributed by atoms with Crippen molar-refractivity contribution in [2.75, 3.05) is 7.11 Å². The number of ether oxygens (including phenoxy) is 2. The van der Waals surface area contributed by atoms with Crippen LogP contribution < -0.4 is 14.8 Å². The van der Waals surface area contributed by atoms with Crippen molar-refractivity contribution in [3.05, 3.63) is 36.0 Å². The average Bonchev–Trinajstić information content (AvgIpc) is 2.51. The lowest BCUT2D eigenvalue weighted by Crippen LogP contribution is -2.31. The molecule has 0 saturated carbocycles. The lowest BCUT2D eigenvalue weighted by Gasteiger charge is -2.15. The molecule has 2 amide bonds. The smallest absolute Gasteiger partial charge is 0.365 e. The summed E-state index contributed by atoms with van der Waals surface area (Å²) < 4.78 is 11.1. The van der Waals surface area contributed by atoms with Crippen LogP contribution in [0.25, 0.3) is 0 Å². The molecule has 0 spiro atoms. The van der Waals surface area contributed by atoms with E-state index in [0.29, 0.717) is 17.1 Å². The van der Waals surface area contributed by atoms with Gasteiger partial charge in [-0.2, -0.15) is 5.10 Å². The number of hydrogen-bond donors (Lipinski definition) is 1. The molecule has 0 atom stereocenters. The molecule has 1 aliphatic heterocycles. The lowest BCUT2D eigenvalue weighted by atomic mass is 10.2. The largest absolute Gasteiger partial charge is 0.493 e. The summed E-state index contributed by atoms with van der Waals surface area (Å²) in [5, 5.41) is 17.1. The van der Waals surface area contributed by atoms with Crippen LogP contribution in [-0.2, 0) is 0 Å². The fraction of sp³-hybridized carbons (Fsp3) is 0.267. The van der Waals surface area contributed by atoms with Gasteiger partial charge in [0, 0.05) is 5.56 Å². The van der Waals surface area contributed by atoms with E-state index in [9.17, 15) is 4.79 Å². The minimum atomic E-state index is -0.614. The van der Waals surface area contributed by atoms with Crippen LogP contribution in [0, 0.1) is 0 Å². The molecule has 120 valence electrons. The Morgan fingerprint density at radius 1 is 1.35 bits per heavy atom. The number of nitrogens with one attached hydrogen (secondary N) is 1. The number of azo groups is 1. The molecule has 1 aromatic carbocycles. The van der Waals surface area contributed by atoms with Crippen LogP contribution in [0.5, 0.6) is 11.5 Å². The van der Waals surface area contributed by atoms with Gasteiger partial charge in [0.15, 0.2) is 17.3 Å². The zero-order valence-electron chi connectivity index (χ0n) is 13.1. The molecule has 0 bridgehead atoms. The highest BCUT2D eigenvalue weighted by atomic mass is 16.5. The van der Waals surface area contributed by atoms with Gasteiger partial charge in [0.25, 0.3) is 0 Å². The second-order valence-corrected chi connectivity index (χ2v) is 4.82. The topological polar surface area (TPSA) is 97.0 Å². The molecule has 23 heavy (non-hydrogen) atoms. The monoisotopic (exact) mass is 315 g/mol. The highest BCUT2D eigenvalue weighted by Crippen LogP contribution is 2.30. The van der Waals surface area contributed by atoms with Crippen LogP contribution >= 0.6 is 0 Å². The van der Waals surface area contributed by atoms with Crippen molar-refractivity contribution in [2.45, 2.75) is 20.0 Å². The molecule has 0 aliphatic carbocycles. The maximum Gasteiger partial charge on any atom is 0.365 e. The van der Waals surface area contributed by atoms with Gasteiger partial charge in [-0.25, -0.2) is 4.79 Å². The van der Waals surface area contributed by atoms with E-state index in [1.165, 1.54) is 6.21 Å². The Labute approximate surface area is 133 Å². The number of rotatable bonds is 5. The fourth-order valence-electron chi connectivity index (χ4n) is 1.74. The average molecular weight is 315 g/mol. The number of hydrogen-bond acceptors (Lipinski definition) is 6. The number of benzene rings is 1. The third kappa shape index (κ3) is 4.22. The molecule has 1 aliphatic rings. The third-order valence-electron chi connectivity index (χ3n) is 2.70. The van der Waals surface area contributed by atoms with E-state index in [1.807, 2.05) is 26.0 Å². The first-order chi connectivity index (χ1) is 11.0. The van der Waals surface area contributed by atoms with E-state index in [1.54, 1.807) is 13.2 Å². The van der Waals surface area contributed by atoms with E-state index < -0.39 is 6.03 Å². The quantitative estimate of drug-likeness (QED) is 0.668. The lowest BCUT2D eigenvalue weighted by molar-refractivity contribution is 0.230. The van der Waals surface area contributed by atoms with E-state index in [2.05, 4.69) is 32.3 Å². The summed E-state index contributed by atoms with van der Waals surface area (Å²) in [5.41, 5.74) is 0.919. The number of para-hydroxylation sites is 1. The summed E-state index contributed by atoms with van der Waals surface area (Å²) in [5.74, 6) is 1.31. The van der Waals surface area contributed by atoms with Crippen LogP contribution in [-0.4, -0.2) is 31.3 Å². The summed E-state index contributed by atoms with van der Waals surface area (Å²) in [6, 6.07) is 4.81. The number of carbonyl (C=O) groups excluding carboxylic acids is 1.